The number of benzene rings is 1. The maximum Gasteiger partial charge on any atom is 0.134 e. The van der Waals surface area contributed by atoms with E-state index in [0.29, 0.717) is 10.2 Å². The molecule has 1 atom stereocenters. The molecule has 1 saturated heterocycles. The molecule has 0 spiro atoms. The van der Waals surface area contributed by atoms with Crippen LogP contribution in [0.25, 0.3) is 0 Å². The largest absolute Gasteiger partial charge is 0.506 e. The molecule has 0 amide bonds. The molecule has 1 aliphatic carbocycles. The molecule has 0 bridgehead atoms. The van der Waals surface area contributed by atoms with Crippen LogP contribution in [0.3, 0.4) is 0 Å². The second kappa shape index (κ2) is 9.33. The number of nitrogens with zero attached hydrogens (tertiary/aromatic N) is 1. The van der Waals surface area contributed by atoms with Crippen LogP contribution in [0.15, 0.2) is 16.6 Å². The summed E-state index contributed by atoms with van der Waals surface area (Å²) in [6, 6.07) is 4.10. The van der Waals surface area contributed by atoms with Crippen LogP contribution < -0.4 is 10.1 Å². The topological polar surface area (TPSA) is 44.7 Å². The first-order valence-electron chi connectivity index (χ1n) is 7.70. The van der Waals surface area contributed by atoms with E-state index in [-0.39, 0.29) is 30.9 Å². The molecule has 1 saturated carbocycles. The number of aromatic hydroxyl groups is 1. The minimum atomic E-state index is 0. The van der Waals surface area contributed by atoms with Gasteiger partial charge in [0, 0.05) is 37.8 Å². The summed E-state index contributed by atoms with van der Waals surface area (Å²) in [7, 11) is 1.67. The van der Waals surface area contributed by atoms with Gasteiger partial charge < -0.3 is 15.2 Å². The van der Waals surface area contributed by atoms with Gasteiger partial charge in [0.25, 0.3) is 0 Å². The van der Waals surface area contributed by atoms with Crippen molar-refractivity contribution in [2.75, 3.05) is 33.3 Å². The summed E-state index contributed by atoms with van der Waals surface area (Å²) in [5.74, 6) is 1.97. The van der Waals surface area contributed by atoms with Crippen LogP contribution in [0, 0.1) is 5.92 Å². The molecule has 0 unspecified atom stereocenters. The molecule has 2 fully saturated rings. The summed E-state index contributed by atoms with van der Waals surface area (Å²) >= 11 is 3.45. The lowest BCUT2D eigenvalue weighted by molar-refractivity contribution is 0.157. The molecule has 0 radical (unpaired) electrons. The van der Waals surface area contributed by atoms with Gasteiger partial charge >= 0.3 is 0 Å². The Labute approximate surface area is 158 Å². The highest BCUT2D eigenvalue weighted by Gasteiger charge is 2.32. The van der Waals surface area contributed by atoms with Crippen LogP contribution in [0.4, 0.5) is 0 Å². The Bertz CT molecular complexity index is 509. The van der Waals surface area contributed by atoms with E-state index in [9.17, 15) is 5.11 Å². The lowest BCUT2D eigenvalue weighted by Gasteiger charge is -2.36. The Morgan fingerprint density at radius 2 is 1.96 bits per heavy atom. The third kappa shape index (κ3) is 5.13. The van der Waals surface area contributed by atoms with Crippen molar-refractivity contribution in [3.63, 3.8) is 0 Å². The van der Waals surface area contributed by atoms with Crippen molar-refractivity contribution in [2.45, 2.75) is 25.3 Å². The highest BCUT2D eigenvalue weighted by Crippen LogP contribution is 2.45. The summed E-state index contributed by atoms with van der Waals surface area (Å²) in [6.45, 7) is 4.11. The van der Waals surface area contributed by atoms with E-state index in [0.717, 1.165) is 49.8 Å². The molecular weight excluding hydrogens is 403 g/mol. The number of methoxy groups -OCH3 is 1. The Morgan fingerprint density at radius 1 is 1.30 bits per heavy atom. The Morgan fingerprint density at radius 3 is 2.52 bits per heavy atom. The molecule has 2 N–H and O–H groups in total. The Hall–Kier alpha value is -0.200. The fourth-order valence-corrected chi connectivity index (χ4v) is 3.56. The molecule has 7 heteroatoms. The fourth-order valence-electron chi connectivity index (χ4n) is 3.10. The highest BCUT2D eigenvalue weighted by atomic mass is 79.9. The van der Waals surface area contributed by atoms with E-state index in [1.54, 1.807) is 7.11 Å². The third-order valence-electron chi connectivity index (χ3n) is 4.51. The number of rotatable bonds is 5. The SMILES string of the molecule is COc1cc(Br)c(O)c([C@@H](CC2CC2)N2CCNCC2)c1.Cl.Cl. The molecule has 1 aromatic rings. The van der Waals surface area contributed by atoms with Crippen LogP contribution in [-0.2, 0) is 0 Å². The molecule has 1 aromatic carbocycles. The van der Waals surface area contributed by atoms with Crippen molar-refractivity contribution in [1.82, 2.24) is 10.2 Å². The first-order chi connectivity index (χ1) is 10.2. The standard InChI is InChI=1S/C16H23BrN2O2.2ClH/c1-21-12-9-13(16(20)14(17)10-12)15(8-11-2-3-11)19-6-4-18-5-7-19;;/h9-11,15,18,20H,2-8H2,1H3;2*1H/t15-;;/m1../s1. The zero-order valence-electron chi connectivity index (χ0n) is 13.3. The van der Waals surface area contributed by atoms with E-state index in [2.05, 4.69) is 26.1 Å². The number of halogens is 3. The van der Waals surface area contributed by atoms with Crippen molar-refractivity contribution >= 4 is 40.7 Å². The van der Waals surface area contributed by atoms with E-state index >= 15 is 0 Å². The predicted molar refractivity (Wildman–Crippen MR) is 101 cm³/mol. The van der Waals surface area contributed by atoms with Crippen molar-refractivity contribution < 1.29 is 9.84 Å². The molecule has 2 aliphatic rings. The smallest absolute Gasteiger partial charge is 0.134 e. The lowest BCUT2D eigenvalue weighted by atomic mass is 9.97. The molecule has 132 valence electrons. The zero-order chi connectivity index (χ0) is 14.8. The third-order valence-corrected chi connectivity index (χ3v) is 5.11. The summed E-state index contributed by atoms with van der Waals surface area (Å²) in [4.78, 5) is 2.50. The van der Waals surface area contributed by atoms with Gasteiger partial charge in [-0.15, -0.1) is 24.8 Å². The van der Waals surface area contributed by atoms with Crippen molar-refractivity contribution in [3.8, 4) is 11.5 Å². The number of nitrogens with one attached hydrogen (secondary N) is 1. The number of hydrogen-bond acceptors (Lipinski definition) is 4. The van der Waals surface area contributed by atoms with E-state index in [4.69, 9.17) is 4.74 Å². The first-order valence-corrected chi connectivity index (χ1v) is 8.49. The summed E-state index contributed by atoms with van der Waals surface area (Å²) in [6.07, 6.45) is 3.79. The van der Waals surface area contributed by atoms with Crippen LogP contribution in [0.2, 0.25) is 0 Å². The fraction of sp³-hybridized carbons (Fsp3) is 0.625. The van der Waals surface area contributed by atoms with Crippen molar-refractivity contribution in [1.29, 1.82) is 0 Å². The quantitative estimate of drug-likeness (QED) is 0.750. The van der Waals surface area contributed by atoms with Gasteiger partial charge in [-0.1, -0.05) is 12.8 Å². The first kappa shape index (κ1) is 20.8. The van der Waals surface area contributed by atoms with E-state index < -0.39 is 0 Å². The number of piperazine rings is 1. The van der Waals surface area contributed by atoms with Gasteiger partial charge in [0.2, 0.25) is 0 Å². The number of phenolic OH excluding ortho intramolecular Hbond substituents is 1. The maximum absolute atomic E-state index is 10.5. The minimum absolute atomic E-state index is 0. The highest BCUT2D eigenvalue weighted by molar-refractivity contribution is 9.10. The van der Waals surface area contributed by atoms with Gasteiger partial charge in [0.15, 0.2) is 0 Å². The van der Waals surface area contributed by atoms with E-state index in [1.807, 2.05) is 12.1 Å². The Balaban J connectivity index is 0.00000132. The lowest BCUT2D eigenvalue weighted by Crippen LogP contribution is -2.45. The van der Waals surface area contributed by atoms with Crippen molar-refractivity contribution in [2.24, 2.45) is 5.92 Å². The number of hydrogen-bond donors (Lipinski definition) is 2. The number of phenols is 1. The van der Waals surface area contributed by atoms with Gasteiger partial charge in [0.05, 0.1) is 11.6 Å². The summed E-state index contributed by atoms with van der Waals surface area (Å²) in [5, 5.41) is 13.9. The second-order valence-corrected chi connectivity index (χ2v) is 6.88. The molecule has 23 heavy (non-hydrogen) atoms. The van der Waals surface area contributed by atoms with Gasteiger partial charge in [-0.3, -0.25) is 4.90 Å². The summed E-state index contributed by atoms with van der Waals surface area (Å²) < 4.78 is 6.09. The number of ether oxygens (including phenoxy) is 1. The zero-order valence-corrected chi connectivity index (χ0v) is 16.5. The average Bonchev–Trinajstić information content (AvgIpc) is 3.33. The maximum atomic E-state index is 10.5. The van der Waals surface area contributed by atoms with Crippen LogP contribution in [0.5, 0.6) is 11.5 Å². The molecular formula is C16H25BrCl2N2O2. The van der Waals surface area contributed by atoms with Gasteiger partial charge in [-0.25, -0.2) is 0 Å². The monoisotopic (exact) mass is 426 g/mol. The minimum Gasteiger partial charge on any atom is -0.506 e. The van der Waals surface area contributed by atoms with Crippen LogP contribution >= 0.6 is 40.7 Å². The average molecular weight is 428 g/mol. The summed E-state index contributed by atoms with van der Waals surface area (Å²) in [5.41, 5.74) is 0.995. The van der Waals surface area contributed by atoms with Crippen molar-refractivity contribution in [3.05, 3.63) is 22.2 Å². The molecule has 0 aromatic heterocycles. The van der Waals surface area contributed by atoms with Gasteiger partial charge in [0.1, 0.15) is 11.5 Å². The van der Waals surface area contributed by atoms with E-state index in [1.165, 1.54) is 12.8 Å². The van der Waals surface area contributed by atoms with Crippen LogP contribution in [-0.4, -0.2) is 43.3 Å². The predicted octanol–water partition coefficient (Wildman–Crippen LogP) is 3.75. The molecule has 3 rings (SSSR count). The van der Waals surface area contributed by atoms with Gasteiger partial charge in [-0.2, -0.15) is 0 Å². The second-order valence-electron chi connectivity index (χ2n) is 6.03. The van der Waals surface area contributed by atoms with Crippen LogP contribution in [0.1, 0.15) is 30.9 Å². The van der Waals surface area contributed by atoms with Gasteiger partial charge in [-0.05, 0) is 40.4 Å². The normalized spacial score (nSPS) is 19.4. The molecule has 4 nitrogen and oxygen atoms in total. The Kier molecular flexibility index (Phi) is 8.45. The molecule has 1 aliphatic heterocycles. The molecule has 1 heterocycles.